The third-order valence-electron chi connectivity index (χ3n) is 5.11. The Kier molecular flexibility index (Phi) is 4.39. The van der Waals surface area contributed by atoms with Gasteiger partial charge in [0.05, 0.1) is 17.0 Å². The molecular formula is C20H18N2O5. The van der Waals surface area contributed by atoms with Gasteiger partial charge in [-0.25, -0.2) is 0 Å². The van der Waals surface area contributed by atoms with Crippen LogP contribution in [0.15, 0.2) is 24.3 Å². The smallest absolute Gasteiger partial charge is 0.282 e. The number of nitro groups is 1. The van der Waals surface area contributed by atoms with Crippen molar-refractivity contribution in [2.24, 2.45) is 0 Å². The van der Waals surface area contributed by atoms with E-state index >= 15 is 0 Å². The molecule has 0 saturated heterocycles. The van der Waals surface area contributed by atoms with Crippen molar-refractivity contribution in [3.63, 3.8) is 0 Å². The Labute approximate surface area is 155 Å². The Morgan fingerprint density at radius 3 is 2.33 bits per heavy atom. The number of ketones is 1. The highest BCUT2D eigenvalue weighted by Gasteiger charge is 2.41. The number of carbonyl (C=O) groups is 3. The average molecular weight is 366 g/mol. The number of aryl methyl sites for hydroxylation is 2. The van der Waals surface area contributed by atoms with Crippen molar-refractivity contribution in [1.29, 1.82) is 0 Å². The molecule has 1 aliphatic heterocycles. The molecule has 0 unspecified atom stereocenters. The molecule has 2 amide bonds. The number of carbonyl (C=O) groups excluding carboxylic acids is 3. The molecule has 0 aromatic heterocycles. The zero-order valence-electron chi connectivity index (χ0n) is 15.5. The molecule has 0 spiro atoms. The fraction of sp³-hybridized carbons (Fsp3) is 0.250. The van der Waals surface area contributed by atoms with Gasteiger partial charge in [0.2, 0.25) is 0 Å². The quantitative estimate of drug-likeness (QED) is 0.358. The van der Waals surface area contributed by atoms with E-state index in [2.05, 4.69) is 0 Å². The maximum absolute atomic E-state index is 12.9. The summed E-state index contributed by atoms with van der Waals surface area (Å²) in [5.74, 6) is -1.87. The number of imide groups is 1. The van der Waals surface area contributed by atoms with Gasteiger partial charge in [-0.05, 0) is 56.0 Å². The van der Waals surface area contributed by atoms with E-state index in [1.54, 1.807) is 6.92 Å². The average Bonchev–Trinajstić information content (AvgIpc) is 2.84. The highest BCUT2D eigenvalue weighted by atomic mass is 16.6. The topological polar surface area (TPSA) is 97.6 Å². The minimum atomic E-state index is -0.810. The molecule has 0 bridgehead atoms. The first-order chi connectivity index (χ1) is 12.6. The predicted molar refractivity (Wildman–Crippen MR) is 98.2 cm³/mol. The van der Waals surface area contributed by atoms with Gasteiger partial charge < -0.3 is 0 Å². The van der Waals surface area contributed by atoms with Gasteiger partial charge in [0.15, 0.2) is 5.78 Å². The summed E-state index contributed by atoms with van der Waals surface area (Å²) in [6, 6.07) is 5.78. The van der Waals surface area contributed by atoms with Crippen LogP contribution in [0.4, 0.5) is 5.69 Å². The monoisotopic (exact) mass is 366 g/mol. The first-order valence-corrected chi connectivity index (χ1v) is 8.39. The lowest BCUT2D eigenvalue weighted by atomic mass is 9.92. The SMILES string of the molecule is Cc1cc(C)c(C(=O)CN2C(=O)c3cccc([N+](=O)[O-])c3C2=O)c(C)c1C. The number of Topliss-reactive ketones (excluding diaryl/α,β-unsaturated/α-hetero) is 1. The second-order valence-electron chi connectivity index (χ2n) is 6.71. The molecule has 3 rings (SSSR count). The van der Waals surface area contributed by atoms with Crippen LogP contribution >= 0.6 is 0 Å². The Bertz CT molecular complexity index is 1040. The summed E-state index contributed by atoms with van der Waals surface area (Å²) >= 11 is 0. The summed E-state index contributed by atoms with van der Waals surface area (Å²) < 4.78 is 0. The number of nitrogens with zero attached hydrogens (tertiary/aromatic N) is 2. The molecule has 0 aliphatic carbocycles. The number of nitro benzene ring substituents is 1. The molecule has 0 atom stereocenters. The van der Waals surface area contributed by atoms with Crippen molar-refractivity contribution in [1.82, 2.24) is 4.90 Å². The maximum Gasteiger partial charge on any atom is 0.282 e. The molecule has 1 aliphatic rings. The fourth-order valence-electron chi connectivity index (χ4n) is 3.55. The van der Waals surface area contributed by atoms with Gasteiger partial charge in [0, 0.05) is 11.6 Å². The molecular weight excluding hydrogens is 348 g/mol. The van der Waals surface area contributed by atoms with Crippen molar-refractivity contribution in [3.8, 4) is 0 Å². The largest absolute Gasteiger partial charge is 0.292 e. The number of benzene rings is 2. The Balaban J connectivity index is 1.99. The van der Waals surface area contributed by atoms with Crippen LogP contribution in [0.1, 0.15) is 53.3 Å². The van der Waals surface area contributed by atoms with E-state index < -0.39 is 29.0 Å². The molecule has 2 aromatic carbocycles. The molecule has 0 N–H and O–H groups in total. The van der Waals surface area contributed by atoms with Crippen LogP contribution in [0.2, 0.25) is 0 Å². The van der Waals surface area contributed by atoms with Crippen molar-refractivity contribution >= 4 is 23.3 Å². The van der Waals surface area contributed by atoms with Crippen molar-refractivity contribution in [3.05, 3.63) is 73.3 Å². The van der Waals surface area contributed by atoms with Crippen LogP contribution in [0.3, 0.4) is 0 Å². The predicted octanol–water partition coefficient (Wildman–Crippen LogP) is 3.31. The Morgan fingerprint density at radius 2 is 1.70 bits per heavy atom. The Morgan fingerprint density at radius 1 is 1.04 bits per heavy atom. The fourth-order valence-corrected chi connectivity index (χ4v) is 3.55. The Hall–Kier alpha value is -3.35. The first kappa shape index (κ1) is 18.4. The minimum Gasteiger partial charge on any atom is -0.292 e. The number of amides is 2. The molecule has 0 saturated carbocycles. The third-order valence-corrected chi connectivity index (χ3v) is 5.11. The molecule has 7 nitrogen and oxygen atoms in total. The van der Waals surface area contributed by atoms with Crippen LogP contribution < -0.4 is 0 Å². The van der Waals surface area contributed by atoms with Crippen LogP contribution in [0, 0.1) is 37.8 Å². The van der Waals surface area contributed by atoms with Gasteiger partial charge in [-0.3, -0.25) is 29.4 Å². The lowest BCUT2D eigenvalue weighted by Crippen LogP contribution is -2.35. The van der Waals surface area contributed by atoms with Gasteiger partial charge >= 0.3 is 0 Å². The number of hydrogen-bond donors (Lipinski definition) is 0. The summed E-state index contributed by atoms with van der Waals surface area (Å²) in [7, 11) is 0. The summed E-state index contributed by atoms with van der Waals surface area (Å²) in [4.78, 5) is 49.4. The van der Waals surface area contributed by atoms with Crippen molar-refractivity contribution in [2.45, 2.75) is 27.7 Å². The molecule has 2 aromatic rings. The van der Waals surface area contributed by atoms with Gasteiger partial charge in [-0.2, -0.15) is 0 Å². The van der Waals surface area contributed by atoms with Crippen LogP contribution in [0.25, 0.3) is 0 Å². The van der Waals surface area contributed by atoms with E-state index in [9.17, 15) is 24.5 Å². The third kappa shape index (κ3) is 2.81. The number of hydrogen-bond acceptors (Lipinski definition) is 5. The summed E-state index contributed by atoms with van der Waals surface area (Å²) in [6.07, 6.45) is 0. The highest BCUT2D eigenvalue weighted by Crippen LogP contribution is 2.31. The second kappa shape index (κ2) is 6.42. The lowest BCUT2D eigenvalue weighted by molar-refractivity contribution is -0.385. The van der Waals surface area contributed by atoms with Crippen LogP contribution in [-0.2, 0) is 0 Å². The zero-order valence-corrected chi connectivity index (χ0v) is 15.5. The number of rotatable bonds is 4. The molecule has 7 heteroatoms. The minimum absolute atomic E-state index is 0.0458. The first-order valence-electron chi connectivity index (χ1n) is 8.39. The molecule has 1 heterocycles. The molecule has 138 valence electrons. The van der Waals surface area contributed by atoms with Gasteiger partial charge in [-0.1, -0.05) is 12.1 Å². The second-order valence-corrected chi connectivity index (χ2v) is 6.71. The normalized spacial score (nSPS) is 13.1. The van der Waals surface area contributed by atoms with Crippen LogP contribution in [-0.4, -0.2) is 34.0 Å². The van der Waals surface area contributed by atoms with Gasteiger partial charge in [-0.15, -0.1) is 0 Å². The molecule has 0 fully saturated rings. The highest BCUT2D eigenvalue weighted by molar-refractivity contribution is 6.24. The van der Waals surface area contributed by atoms with E-state index in [-0.39, 0.29) is 16.9 Å². The standard InChI is InChI=1S/C20H18N2O5/c1-10-8-11(2)17(13(4)12(10)3)16(23)9-21-19(24)14-6-5-7-15(22(26)27)18(14)20(21)25/h5-8H,9H2,1-4H3. The summed E-state index contributed by atoms with van der Waals surface area (Å²) in [6.45, 7) is 7.04. The summed E-state index contributed by atoms with van der Waals surface area (Å²) in [5.41, 5.74) is 3.34. The van der Waals surface area contributed by atoms with E-state index in [4.69, 9.17) is 0 Å². The maximum atomic E-state index is 12.9. The van der Waals surface area contributed by atoms with E-state index in [0.717, 1.165) is 27.2 Å². The lowest BCUT2D eigenvalue weighted by Gasteiger charge is -2.17. The summed E-state index contributed by atoms with van der Waals surface area (Å²) in [5, 5.41) is 11.2. The van der Waals surface area contributed by atoms with Gasteiger partial charge in [0.25, 0.3) is 17.5 Å². The van der Waals surface area contributed by atoms with E-state index in [0.29, 0.717) is 5.56 Å². The number of fused-ring (bicyclic) bond motifs is 1. The van der Waals surface area contributed by atoms with Crippen molar-refractivity contribution < 1.29 is 19.3 Å². The molecule has 27 heavy (non-hydrogen) atoms. The zero-order chi connectivity index (χ0) is 20.0. The van der Waals surface area contributed by atoms with Gasteiger partial charge in [0.1, 0.15) is 5.56 Å². The molecule has 0 radical (unpaired) electrons. The van der Waals surface area contributed by atoms with E-state index in [1.807, 2.05) is 26.8 Å². The van der Waals surface area contributed by atoms with E-state index in [1.165, 1.54) is 18.2 Å². The van der Waals surface area contributed by atoms with Crippen LogP contribution in [0.5, 0.6) is 0 Å². The van der Waals surface area contributed by atoms with Crippen molar-refractivity contribution in [2.75, 3.05) is 6.54 Å².